The number of piperazine rings is 1. The molecule has 4 aromatic rings. The Morgan fingerprint density at radius 2 is 1.83 bits per heavy atom. The van der Waals surface area contributed by atoms with Gasteiger partial charge in [-0.05, 0) is 17.7 Å². The first-order chi connectivity index (χ1) is 13.9. The maximum Gasteiger partial charge on any atom is 0.183 e. The lowest BCUT2D eigenvalue weighted by molar-refractivity contribution is 0.590. The van der Waals surface area contributed by atoms with E-state index in [1.165, 1.54) is 5.69 Å². The van der Waals surface area contributed by atoms with Crippen LogP contribution < -0.4 is 10.2 Å². The second kappa shape index (κ2) is 8.46. The fourth-order valence-corrected chi connectivity index (χ4v) is 3.69. The van der Waals surface area contributed by atoms with E-state index in [4.69, 9.17) is 0 Å². The molecular weight excluding hydrogens is 386 g/mol. The molecule has 1 fully saturated rings. The van der Waals surface area contributed by atoms with Crippen LogP contribution in [0.15, 0.2) is 48.9 Å². The number of nitrogens with zero attached hydrogens (tertiary/aromatic N) is 4. The normalized spacial score (nSPS) is 14.4. The Kier molecular flexibility index (Phi) is 5.59. The van der Waals surface area contributed by atoms with Crippen LogP contribution in [0.25, 0.3) is 34.3 Å². The van der Waals surface area contributed by atoms with Gasteiger partial charge in [0.15, 0.2) is 5.65 Å². The summed E-state index contributed by atoms with van der Waals surface area (Å²) in [5, 5.41) is 19.0. The number of fused-ring (bicyclic) bond motifs is 1. The van der Waals surface area contributed by atoms with E-state index in [0.29, 0.717) is 0 Å². The van der Waals surface area contributed by atoms with Crippen LogP contribution >= 0.6 is 12.4 Å². The molecule has 1 aliphatic rings. The maximum atomic E-state index is 4.64. The van der Waals surface area contributed by atoms with Crippen LogP contribution in [0.5, 0.6) is 0 Å². The molecule has 3 aromatic heterocycles. The Labute approximate surface area is 174 Å². The summed E-state index contributed by atoms with van der Waals surface area (Å²) >= 11 is 0. The van der Waals surface area contributed by atoms with Gasteiger partial charge in [0.1, 0.15) is 0 Å². The van der Waals surface area contributed by atoms with E-state index >= 15 is 0 Å². The first kappa shape index (κ1) is 19.2. The van der Waals surface area contributed by atoms with E-state index in [1.807, 2.05) is 30.6 Å². The molecule has 0 atom stereocenters. The highest BCUT2D eigenvalue weighted by Crippen LogP contribution is 2.38. The molecule has 8 heteroatoms. The van der Waals surface area contributed by atoms with Crippen molar-refractivity contribution in [3.63, 3.8) is 0 Å². The average Bonchev–Trinajstić information content (AvgIpc) is 3.42. The molecule has 29 heavy (non-hydrogen) atoms. The highest BCUT2D eigenvalue weighted by atomic mass is 35.5. The zero-order valence-corrected chi connectivity index (χ0v) is 16.6. The fourth-order valence-electron chi connectivity index (χ4n) is 3.69. The predicted molar refractivity (Wildman–Crippen MR) is 119 cm³/mol. The second-order valence-electron chi connectivity index (χ2n) is 6.82. The van der Waals surface area contributed by atoms with Gasteiger partial charge in [0.2, 0.25) is 0 Å². The molecule has 1 aromatic carbocycles. The zero-order chi connectivity index (χ0) is 18.8. The van der Waals surface area contributed by atoms with Gasteiger partial charge >= 0.3 is 0 Å². The minimum atomic E-state index is 0. The van der Waals surface area contributed by atoms with Crippen LogP contribution in [0.3, 0.4) is 0 Å². The second-order valence-corrected chi connectivity index (χ2v) is 6.82. The Bertz CT molecular complexity index is 1100. The van der Waals surface area contributed by atoms with Crippen LogP contribution in [0.1, 0.15) is 11.3 Å². The van der Waals surface area contributed by atoms with Crippen LogP contribution in [-0.4, -0.2) is 51.6 Å². The zero-order valence-electron chi connectivity index (χ0n) is 15.8. The number of nitrogens with one attached hydrogen (secondary N) is 3. The number of hydrogen-bond donors (Lipinski definition) is 3. The monoisotopic (exact) mass is 407 g/mol. The number of rotatable bonds is 4. The SMILES string of the molecule is C(=C/c1[nH]nc2ncc(-c3ccccc3)c(N3CCNCC3)c12)/c1cn[nH]c1.Cl. The van der Waals surface area contributed by atoms with Crippen molar-refractivity contribution in [2.75, 3.05) is 31.1 Å². The van der Waals surface area contributed by atoms with Crippen molar-refractivity contribution in [2.45, 2.75) is 0 Å². The van der Waals surface area contributed by atoms with Gasteiger partial charge in [0.05, 0.1) is 23.0 Å². The molecule has 0 saturated carbocycles. The van der Waals surface area contributed by atoms with Gasteiger partial charge in [-0.3, -0.25) is 10.2 Å². The van der Waals surface area contributed by atoms with Crippen LogP contribution in [0, 0.1) is 0 Å². The number of aromatic amines is 2. The molecule has 1 aliphatic heterocycles. The number of aromatic nitrogens is 5. The van der Waals surface area contributed by atoms with E-state index in [-0.39, 0.29) is 12.4 Å². The van der Waals surface area contributed by atoms with Crippen molar-refractivity contribution in [3.8, 4) is 11.1 Å². The summed E-state index contributed by atoms with van der Waals surface area (Å²) in [5.41, 5.74) is 6.19. The van der Waals surface area contributed by atoms with Crippen molar-refractivity contribution >= 4 is 41.3 Å². The van der Waals surface area contributed by atoms with E-state index in [1.54, 1.807) is 6.20 Å². The minimum absolute atomic E-state index is 0. The number of halogens is 1. The van der Waals surface area contributed by atoms with Crippen molar-refractivity contribution in [2.24, 2.45) is 0 Å². The van der Waals surface area contributed by atoms with Gasteiger partial charge in [0.25, 0.3) is 0 Å². The lowest BCUT2D eigenvalue weighted by atomic mass is 10.0. The van der Waals surface area contributed by atoms with Gasteiger partial charge in [0, 0.05) is 49.7 Å². The Balaban J connectivity index is 0.00000205. The molecule has 0 amide bonds. The third-order valence-corrected chi connectivity index (χ3v) is 5.06. The summed E-state index contributed by atoms with van der Waals surface area (Å²) in [6.45, 7) is 3.84. The molecule has 3 N–H and O–H groups in total. The molecule has 0 unspecified atom stereocenters. The topological polar surface area (TPSA) is 85.5 Å². The standard InChI is InChI=1S/C21H21N7.ClH/c1-2-4-16(5-3-1)17-14-23-21-19(20(17)28-10-8-22-9-11-28)18(26-27-21)7-6-15-12-24-25-13-15;/h1-7,12-14,22H,8-11H2,(H,24,25)(H,23,26,27);1H/b7-6-;. The summed E-state index contributed by atoms with van der Waals surface area (Å²) in [6, 6.07) is 10.4. The molecule has 0 bridgehead atoms. The van der Waals surface area contributed by atoms with Gasteiger partial charge in [-0.1, -0.05) is 30.3 Å². The molecule has 1 saturated heterocycles. The number of H-pyrrole nitrogens is 2. The summed E-state index contributed by atoms with van der Waals surface area (Å²) in [7, 11) is 0. The minimum Gasteiger partial charge on any atom is -0.368 e. The molecule has 5 rings (SSSR count). The van der Waals surface area contributed by atoms with E-state index < -0.39 is 0 Å². The quantitative estimate of drug-likeness (QED) is 0.483. The van der Waals surface area contributed by atoms with Crippen LogP contribution in [0.4, 0.5) is 5.69 Å². The first-order valence-corrected chi connectivity index (χ1v) is 9.45. The average molecular weight is 408 g/mol. The largest absolute Gasteiger partial charge is 0.368 e. The molecule has 4 heterocycles. The number of hydrogen-bond acceptors (Lipinski definition) is 5. The van der Waals surface area contributed by atoms with Gasteiger partial charge in [-0.2, -0.15) is 10.2 Å². The first-order valence-electron chi connectivity index (χ1n) is 9.45. The van der Waals surface area contributed by atoms with Gasteiger partial charge in [-0.25, -0.2) is 4.98 Å². The highest BCUT2D eigenvalue weighted by Gasteiger charge is 2.22. The molecule has 0 spiro atoms. The smallest absolute Gasteiger partial charge is 0.183 e. The Hall–Kier alpha value is -3.16. The van der Waals surface area contributed by atoms with Gasteiger partial charge < -0.3 is 10.2 Å². The van der Waals surface area contributed by atoms with E-state index in [2.05, 4.69) is 59.9 Å². The summed E-state index contributed by atoms with van der Waals surface area (Å²) < 4.78 is 0. The van der Waals surface area contributed by atoms with E-state index in [9.17, 15) is 0 Å². The molecular formula is C21H22ClN7. The van der Waals surface area contributed by atoms with E-state index in [0.717, 1.165) is 59.6 Å². The summed E-state index contributed by atoms with van der Waals surface area (Å²) in [6.07, 6.45) is 9.66. The Morgan fingerprint density at radius 3 is 2.59 bits per heavy atom. The predicted octanol–water partition coefficient (Wildman–Crippen LogP) is 3.35. The lowest BCUT2D eigenvalue weighted by Gasteiger charge is -2.31. The maximum absolute atomic E-state index is 4.64. The highest BCUT2D eigenvalue weighted by molar-refractivity contribution is 6.03. The van der Waals surface area contributed by atoms with Crippen molar-refractivity contribution in [3.05, 3.63) is 60.2 Å². The number of anilines is 1. The molecule has 148 valence electrons. The Morgan fingerprint density at radius 1 is 1.00 bits per heavy atom. The summed E-state index contributed by atoms with van der Waals surface area (Å²) in [5.74, 6) is 0. The third kappa shape index (κ3) is 3.74. The fraction of sp³-hybridized carbons (Fsp3) is 0.190. The third-order valence-electron chi connectivity index (χ3n) is 5.06. The van der Waals surface area contributed by atoms with Crippen LogP contribution in [-0.2, 0) is 0 Å². The number of benzene rings is 1. The summed E-state index contributed by atoms with van der Waals surface area (Å²) in [4.78, 5) is 7.08. The van der Waals surface area contributed by atoms with Crippen LogP contribution in [0.2, 0.25) is 0 Å². The molecule has 7 nitrogen and oxygen atoms in total. The molecule has 0 aliphatic carbocycles. The number of pyridine rings is 1. The lowest BCUT2D eigenvalue weighted by Crippen LogP contribution is -2.43. The van der Waals surface area contributed by atoms with Crippen molar-refractivity contribution in [1.29, 1.82) is 0 Å². The van der Waals surface area contributed by atoms with Crippen molar-refractivity contribution < 1.29 is 0 Å². The van der Waals surface area contributed by atoms with Crippen molar-refractivity contribution in [1.82, 2.24) is 30.7 Å². The van der Waals surface area contributed by atoms with Gasteiger partial charge in [-0.15, -0.1) is 12.4 Å². The molecule has 0 radical (unpaired) electrons.